The monoisotopic (exact) mass is 1600 g/mol. The average molecular weight is 1610 g/mol. The molecule has 4 fully saturated rings. The summed E-state index contributed by atoms with van der Waals surface area (Å²) in [5.41, 5.74) is 1.43. The van der Waals surface area contributed by atoms with Gasteiger partial charge in [-0.05, 0) is 101 Å². The van der Waals surface area contributed by atoms with Crippen molar-refractivity contribution in [3.63, 3.8) is 0 Å². The molecule has 1 unspecified atom stereocenters. The van der Waals surface area contributed by atoms with Gasteiger partial charge < -0.3 is 88.6 Å². The summed E-state index contributed by atoms with van der Waals surface area (Å²) in [5, 5.41) is 81.8. The van der Waals surface area contributed by atoms with E-state index in [9.17, 15) is 54.6 Å². The van der Waals surface area contributed by atoms with Gasteiger partial charge in [-0.25, -0.2) is 14.2 Å². The van der Waals surface area contributed by atoms with Gasteiger partial charge >= 0.3 is 17.7 Å². The second kappa shape index (κ2) is 35.8. The summed E-state index contributed by atoms with van der Waals surface area (Å²) in [6.07, 6.45) is 15.4. The first-order valence-electron chi connectivity index (χ1n) is 37.3. The van der Waals surface area contributed by atoms with Gasteiger partial charge in [0.25, 0.3) is 11.7 Å². The van der Waals surface area contributed by atoms with Crippen molar-refractivity contribution >= 4 is 97.7 Å². The summed E-state index contributed by atoms with van der Waals surface area (Å²) in [7, 11) is 4.90. The number of esters is 1. The number of carbonyl (C=O) groups excluding carboxylic acids is 3. The Hall–Kier alpha value is -9.29. The van der Waals surface area contributed by atoms with Crippen molar-refractivity contribution in [3.8, 4) is 28.7 Å². The Labute approximate surface area is 663 Å². The number of fused-ring (bicyclic) bond motifs is 16. The number of aromatic carboxylic acids is 1. The highest BCUT2D eigenvalue weighted by molar-refractivity contribution is 6.35. The summed E-state index contributed by atoms with van der Waals surface area (Å²) >= 11 is 18.3. The molecule has 7 aromatic rings. The van der Waals surface area contributed by atoms with Crippen LogP contribution in [0.1, 0.15) is 129 Å². The Balaban J connectivity index is 0.000000191. The van der Waals surface area contributed by atoms with Crippen LogP contribution in [0.2, 0.25) is 15.1 Å². The maximum atomic E-state index is 15.3. The van der Waals surface area contributed by atoms with Crippen molar-refractivity contribution in [2.45, 2.75) is 143 Å². The number of carboxylic acid groups (broad SMARTS) is 1. The second-order valence-electron chi connectivity index (χ2n) is 29.8. The number of ketones is 1. The average Bonchev–Trinajstić information content (AvgIpc) is 1.49. The van der Waals surface area contributed by atoms with Crippen molar-refractivity contribution in [1.82, 2.24) is 29.3 Å². The number of nitrogens with zero attached hydrogens (tertiary/aromatic N) is 7. The number of benzene rings is 5. The van der Waals surface area contributed by atoms with E-state index in [0.717, 1.165) is 63.0 Å². The Morgan fingerprint density at radius 1 is 0.884 bits per heavy atom. The molecule has 1 saturated carbocycles. The topological polar surface area (TPSA) is 331 Å². The van der Waals surface area contributed by atoms with Crippen molar-refractivity contribution < 1.29 is 82.6 Å². The van der Waals surface area contributed by atoms with Gasteiger partial charge in [0.1, 0.15) is 40.7 Å². The van der Waals surface area contributed by atoms with Gasteiger partial charge in [0, 0.05) is 152 Å². The van der Waals surface area contributed by atoms with Crippen LogP contribution >= 0.6 is 34.8 Å². The Morgan fingerprint density at radius 2 is 1.60 bits per heavy atom. The predicted octanol–water partition coefficient (Wildman–Crippen LogP) is 12.5. The SMILES string of the molecule is CO[C@H]1/C=C/O[C@@]2(C)Oc3c(C)c(O)c4c(O)c(c(/C=N/N5CCN(C)CC5)c(O)c4c3C2=O)NC(=O)/C(C)=C\C=C\[C@H](C)[C@H](O)[C@@H](C)[C@@H](O)[C@@H](C)[C@H](OC(C)=O)[C@@H]1C.COc1c(N2C[C@@H]3CCCN[C@@H]3C2)c(F)cc2c(=O)c(C(=O)O)cn(C3CC3)c12.Clc1ccc(COC(Cn2ccnc2)c2ccc(Cl)cc2Cl)cc1. The number of nitrogens with one attached hydrogen (secondary N) is 2. The summed E-state index contributed by atoms with van der Waals surface area (Å²) in [4.78, 5) is 73.1. The lowest BCUT2D eigenvalue weighted by atomic mass is 9.78. The van der Waals surface area contributed by atoms with Crippen LogP contribution in [0.3, 0.4) is 0 Å². The number of phenolic OH excluding ortho intramolecular Hbond substituents is 3. The summed E-state index contributed by atoms with van der Waals surface area (Å²) in [6, 6.07) is 14.6. The highest BCUT2D eigenvalue weighted by atomic mass is 35.5. The van der Waals surface area contributed by atoms with Crippen molar-refractivity contribution in [3.05, 3.63) is 174 Å². The minimum absolute atomic E-state index is 0.0559. The number of anilines is 2. The third-order valence-electron chi connectivity index (χ3n) is 22.0. The molecule has 5 aromatic carbocycles. The van der Waals surface area contributed by atoms with Crippen LogP contribution in [0.4, 0.5) is 15.8 Å². The van der Waals surface area contributed by atoms with Crippen LogP contribution in [-0.2, 0) is 41.7 Å². The number of rotatable bonds is 14. The molecule has 1 amide bonds. The van der Waals surface area contributed by atoms with Gasteiger partial charge in [0.2, 0.25) is 5.43 Å². The third kappa shape index (κ3) is 18.2. The zero-order valence-corrected chi connectivity index (χ0v) is 66.6. The van der Waals surface area contributed by atoms with Gasteiger partial charge in [-0.2, -0.15) is 5.10 Å². The first-order chi connectivity index (χ1) is 53.3. The zero-order valence-electron chi connectivity index (χ0n) is 64.3. The quantitative estimate of drug-likeness (QED) is 0.0217. The number of hydrazone groups is 1. The molecule has 2 aromatic heterocycles. The first-order valence-corrected chi connectivity index (χ1v) is 38.5. The molecule has 8 heterocycles. The number of Topliss-reactive ketones (excluding diaryl/α,β-unsaturated/α-hetero) is 1. The van der Waals surface area contributed by atoms with Crippen LogP contribution in [0.15, 0.2) is 119 Å². The number of ether oxygens (including phenoxy) is 6. The summed E-state index contributed by atoms with van der Waals surface area (Å²) < 4.78 is 54.5. The lowest BCUT2D eigenvalue weighted by Crippen LogP contribution is -2.46. The molecule has 112 heavy (non-hydrogen) atoms. The van der Waals surface area contributed by atoms with Gasteiger partial charge in [0.05, 0.1) is 90.5 Å². The van der Waals surface area contributed by atoms with Gasteiger partial charge in [0.15, 0.2) is 17.3 Å². The van der Waals surface area contributed by atoms with E-state index in [1.807, 2.05) is 59.1 Å². The molecular formula is C82H97Cl3FN9O17. The number of aromatic hydroxyl groups is 3. The van der Waals surface area contributed by atoms with Gasteiger partial charge in [-0.15, -0.1) is 0 Å². The number of carbonyl (C=O) groups is 4. The number of methoxy groups -OCH3 is 2. The number of hydrogen-bond donors (Lipinski definition) is 8. The number of halogens is 4. The Morgan fingerprint density at radius 3 is 2.24 bits per heavy atom. The third-order valence-corrected chi connectivity index (χ3v) is 22.8. The molecule has 8 N–H and O–H groups in total. The number of aliphatic hydroxyl groups is 2. The largest absolute Gasteiger partial charge is 0.507 e. The molecule has 6 aliphatic heterocycles. The number of hydrogen-bond acceptors (Lipinski definition) is 22. The van der Waals surface area contributed by atoms with E-state index in [2.05, 4.69) is 25.6 Å². The van der Waals surface area contributed by atoms with Gasteiger partial charge in [-0.3, -0.25) is 24.2 Å². The Kier molecular flexibility index (Phi) is 26.7. The number of piperidine rings is 1. The number of pyridine rings is 1. The zero-order chi connectivity index (χ0) is 80.9. The first kappa shape index (κ1) is 83.6. The normalized spacial score (nSPS) is 25.7. The van der Waals surface area contributed by atoms with Crippen LogP contribution in [0.25, 0.3) is 21.7 Å². The number of piperazine rings is 1. The van der Waals surface area contributed by atoms with E-state index in [4.69, 9.17) is 63.2 Å². The minimum Gasteiger partial charge on any atom is -0.507 e. The molecule has 600 valence electrons. The highest BCUT2D eigenvalue weighted by Gasteiger charge is 2.50. The number of amides is 1. The van der Waals surface area contributed by atoms with Gasteiger partial charge in [-0.1, -0.05) is 98.9 Å². The number of carboxylic acids is 1. The maximum Gasteiger partial charge on any atom is 0.341 e. The van der Waals surface area contributed by atoms with E-state index in [-0.39, 0.29) is 67.6 Å². The molecule has 14 rings (SSSR count). The number of imidazole rings is 1. The molecule has 0 spiro atoms. The van der Waals surface area contributed by atoms with E-state index in [1.54, 1.807) is 68.0 Å². The van der Waals surface area contributed by atoms with E-state index >= 15 is 4.39 Å². The standard InChI is InChI=1S/C43H58N4O12.C21H24FN3O4.C18H15Cl3N2O/c1-21-12-11-13-22(2)42(55)45-33-28(20-44-47-17-15-46(9)16-18-47)37(52)30-31(38(33)53)36(51)26(6)40-32(30)41(54)43(8,59-40)57-19-14-29(56-10)23(3)39(58-27(7)48)25(5)35(50)24(4)34(21)49;1-29-20-17-13(19(26)14(21(27)28)9-25(17)12-4-5-12)7-15(22)18(20)24-8-11-3-2-6-23-16(11)10-24;19-14-3-1-13(2-4-14)11-24-18(10-23-8-7-22-12-23)16-6-5-15(20)9-17(16)21/h11-14,19-21,23-25,29,34-35,39,49-53H,15-18H2,1-10H3,(H,45,55);7,9,11-12,16,23H,2-6,8,10H2,1H3,(H,27,28);1-9,12,18H,10-11H2/b12-11+,19-14+,22-13-,44-20+;;/t21-,23+,24+,25+,29-,34-,35+,39+,43-;11-,16+;/m00./s1. The summed E-state index contributed by atoms with van der Waals surface area (Å²) in [6.45, 7) is 18.5. The fourth-order valence-corrected chi connectivity index (χ4v) is 15.9. The van der Waals surface area contributed by atoms with E-state index < -0.39 is 106 Å². The molecule has 7 aliphatic rings. The number of aromatic nitrogens is 3. The molecular weight excluding hydrogens is 1510 g/mol. The number of likely N-dealkylation sites (N-methyl/N-ethyl adjacent to an activating group) is 1. The second-order valence-corrected chi connectivity index (χ2v) is 31.1. The fourth-order valence-electron chi connectivity index (χ4n) is 15.2. The van der Waals surface area contributed by atoms with Crippen LogP contribution in [-0.4, -0.2) is 188 Å². The molecule has 1 aliphatic carbocycles. The minimum atomic E-state index is -2.04. The smallest absolute Gasteiger partial charge is 0.341 e. The maximum absolute atomic E-state index is 15.3. The van der Waals surface area contributed by atoms with Crippen LogP contribution in [0.5, 0.6) is 28.7 Å². The van der Waals surface area contributed by atoms with Crippen molar-refractivity contribution in [2.24, 2.45) is 34.7 Å². The summed E-state index contributed by atoms with van der Waals surface area (Å²) in [5.74, 6) is -9.41. The molecule has 26 nitrogen and oxygen atoms in total. The van der Waals surface area contributed by atoms with Crippen molar-refractivity contribution in [1.29, 1.82) is 0 Å². The molecule has 12 atom stereocenters. The predicted molar refractivity (Wildman–Crippen MR) is 425 cm³/mol. The fraction of sp³-hybridized carbons (Fsp3) is 0.451. The van der Waals surface area contributed by atoms with Crippen LogP contribution < -0.4 is 30.4 Å². The lowest BCUT2D eigenvalue weighted by Gasteiger charge is -2.38. The van der Waals surface area contributed by atoms with Crippen LogP contribution in [0, 0.1) is 42.3 Å². The highest BCUT2D eigenvalue weighted by Crippen LogP contribution is 2.55. The van der Waals surface area contributed by atoms with E-state index in [0.29, 0.717) is 76.8 Å². The molecule has 5 bridgehead atoms. The molecule has 30 heteroatoms. The van der Waals surface area contributed by atoms with Crippen molar-refractivity contribution in [2.75, 3.05) is 77.3 Å². The Bertz CT molecular complexity index is 4820. The molecule has 0 radical (unpaired) electrons. The lowest BCUT2D eigenvalue weighted by molar-refractivity contribution is -0.160. The number of phenols is 3. The number of allylic oxidation sites excluding steroid dienone is 2. The number of aliphatic hydroxyl groups excluding tert-OH is 2. The molecule has 3 saturated heterocycles. The van der Waals surface area contributed by atoms with E-state index in [1.165, 1.54) is 78.8 Å².